The van der Waals surface area contributed by atoms with Crippen LogP contribution in [0.5, 0.6) is 0 Å². The van der Waals surface area contributed by atoms with Gasteiger partial charge in [0.2, 0.25) is 5.91 Å². The van der Waals surface area contributed by atoms with Crippen LogP contribution in [0.1, 0.15) is 19.8 Å². The van der Waals surface area contributed by atoms with E-state index in [0.717, 1.165) is 5.69 Å². The van der Waals surface area contributed by atoms with E-state index in [2.05, 4.69) is 20.5 Å². The van der Waals surface area contributed by atoms with E-state index in [1.807, 2.05) is 11.8 Å². The lowest BCUT2D eigenvalue weighted by molar-refractivity contribution is -0.131. The van der Waals surface area contributed by atoms with Gasteiger partial charge < -0.3 is 20.4 Å². The second-order valence-electron chi connectivity index (χ2n) is 7.60. The normalized spacial score (nSPS) is 21.5. The maximum atomic E-state index is 13.1. The van der Waals surface area contributed by atoms with Gasteiger partial charge in [-0.25, -0.2) is 12.8 Å². The number of nitrogens with zero attached hydrogens (tertiary/aromatic N) is 3. The van der Waals surface area contributed by atoms with E-state index >= 15 is 0 Å². The van der Waals surface area contributed by atoms with Gasteiger partial charge >= 0.3 is 0 Å². The van der Waals surface area contributed by atoms with Crippen LogP contribution in [0.15, 0.2) is 29.3 Å². The van der Waals surface area contributed by atoms with Gasteiger partial charge in [-0.3, -0.25) is 9.79 Å². The Kier molecular flexibility index (Phi) is 7.52. The van der Waals surface area contributed by atoms with Crippen LogP contribution in [0.25, 0.3) is 0 Å². The highest BCUT2D eigenvalue weighted by Crippen LogP contribution is 2.17. The van der Waals surface area contributed by atoms with Gasteiger partial charge in [0.25, 0.3) is 0 Å². The fraction of sp³-hybridized carbons (Fsp3) is 0.600. The van der Waals surface area contributed by atoms with E-state index in [0.29, 0.717) is 58.1 Å². The highest BCUT2D eigenvalue weighted by molar-refractivity contribution is 7.91. The standard InChI is InChI=1S/C20H30FN5O3S/c1-2-22-20(24-17-8-14-30(28,29)15-17)23-9-7-19(27)26-12-10-25(11-13-26)18-5-3-16(21)4-6-18/h3-6,17H,2,7-15H2,1H3,(H2,22,23,24). The highest BCUT2D eigenvalue weighted by atomic mass is 32.2. The van der Waals surface area contributed by atoms with Crippen molar-refractivity contribution >= 4 is 27.4 Å². The van der Waals surface area contributed by atoms with Gasteiger partial charge in [-0.05, 0) is 37.6 Å². The Labute approximate surface area is 177 Å². The molecule has 0 saturated carbocycles. The number of hydrogen-bond acceptors (Lipinski definition) is 5. The molecule has 10 heteroatoms. The van der Waals surface area contributed by atoms with E-state index in [1.165, 1.54) is 12.1 Å². The van der Waals surface area contributed by atoms with Crippen molar-refractivity contribution in [1.82, 2.24) is 15.5 Å². The van der Waals surface area contributed by atoms with Crippen molar-refractivity contribution in [1.29, 1.82) is 0 Å². The minimum atomic E-state index is -2.96. The predicted molar refractivity (Wildman–Crippen MR) is 116 cm³/mol. The minimum absolute atomic E-state index is 0.0526. The molecule has 2 heterocycles. The third-order valence-corrected chi connectivity index (χ3v) is 7.11. The van der Waals surface area contributed by atoms with Crippen LogP contribution in [-0.4, -0.2) is 82.0 Å². The third kappa shape index (κ3) is 6.32. The Morgan fingerprint density at radius 3 is 2.50 bits per heavy atom. The molecule has 3 rings (SSSR count). The first-order valence-electron chi connectivity index (χ1n) is 10.4. The first-order valence-corrected chi connectivity index (χ1v) is 12.2. The van der Waals surface area contributed by atoms with Crippen LogP contribution in [-0.2, 0) is 14.6 Å². The summed E-state index contributed by atoms with van der Waals surface area (Å²) in [5.41, 5.74) is 0.961. The van der Waals surface area contributed by atoms with Gasteiger partial charge in [0.15, 0.2) is 15.8 Å². The molecule has 166 valence electrons. The Morgan fingerprint density at radius 1 is 1.20 bits per heavy atom. The topological polar surface area (TPSA) is 94.1 Å². The molecule has 1 atom stereocenters. The zero-order valence-electron chi connectivity index (χ0n) is 17.3. The second-order valence-corrected chi connectivity index (χ2v) is 9.83. The summed E-state index contributed by atoms with van der Waals surface area (Å²) in [6.07, 6.45) is 0.875. The molecular formula is C20H30FN5O3S. The molecule has 0 spiro atoms. The molecule has 2 saturated heterocycles. The number of rotatable bonds is 6. The lowest BCUT2D eigenvalue weighted by Crippen LogP contribution is -2.49. The van der Waals surface area contributed by atoms with Gasteiger partial charge in [0, 0.05) is 50.9 Å². The Balaban J connectivity index is 1.44. The van der Waals surface area contributed by atoms with Gasteiger partial charge in [-0.15, -0.1) is 0 Å². The Bertz CT molecular complexity index is 852. The summed E-state index contributed by atoms with van der Waals surface area (Å²) in [6, 6.07) is 6.27. The molecule has 0 radical (unpaired) electrons. The van der Waals surface area contributed by atoms with Crippen LogP contribution in [0.2, 0.25) is 0 Å². The number of halogens is 1. The molecule has 8 nitrogen and oxygen atoms in total. The molecule has 0 aromatic heterocycles. The summed E-state index contributed by atoms with van der Waals surface area (Å²) >= 11 is 0. The van der Waals surface area contributed by atoms with Gasteiger partial charge in [-0.2, -0.15) is 0 Å². The summed E-state index contributed by atoms with van der Waals surface area (Å²) in [5.74, 6) is 0.667. The van der Waals surface area contributed by atoms with Gasteiger partial charge in [-0.1, -0.05) is 0 Å². The van der Waals surface area contributed by atoms with Crippen molar-refractivity contribution in [3.8, 4) is 0 Å². The molecule has 1 aromatic rings. The molecule has 2 aliphatic rings. The van der Waals surface area contributed by atoms with Crippen LogP contribution in [0.3, 0.4) is 0 Å². The van der Waals surface area contributed by atoms with Crippen molar-refractivity contribution in [3.63, 3.8) is 0 Å². The van der Waals surface area contributed by atoms with Crippen LogP contribution >= 0.6 is 0 Å². The van der Waals surface area contributed by atoms with Gasteiger partial charge in [0.1, 0.15) is 5.82 Å². The maximum Gasteiger partial charge on any atom is 0.224 e. The molecule has 2 N–H and O–H groups in total. The van der Waals surface area contributed by atoms with Crippen LogP contribution in [0, 0.1) is 5.82 Å². The molecule has 0 bridgehead atoms. The van der Waals surface area contributed by atoms with Crippen molar-refractivity contribution in [3.05, 3.63) is 30.1 Å². The minimum Gasteiger partial charge on any atom is -0.368 e. The number of benzene rings is 1. The molecule has 30 heavy (non-hydrogen) atoms. The molecular weight excluding hydrogens is 409 g/mol. The van der Waals surface area contributed by atoms with E-state index in [-0.39, 0.29) is 29.3 Å². The van der Waals surface area contributed by atoms with E-state index < -0.39 is 9.84 Å². The molecule has 1 amide bonds. The number of carbonyl (C=O) groups excluding carboxylic acids is 1. The Hall–Kier alpha value is -2.36. The average Bonchev–Trinajstić information content (AvgIpc) is 3.07. The summed E-state index contributed by atoms with van der Waals surface area (Å²) in [7, 11) is -2.96. The van der Waals surface area contributed by atoms with E-state index in [1.54, 1.807) is 12.1 Å². The molecule has 2 fully saturated rings. The summed E-state index contributed by atoms with van der Waals surface area (Å²) in [5, 5.41) is 6.26. The number of anilines is 1. The van der Waals surface area contributed by atoms with Crippen molar-refractivity contribution in [2.45, 2.75) is 25.8 Å². The molecule has 0 aliphatic carbocycles. The molecule has 2 aliphatic heterocycles. The Morgan fingerprint density at radius 2 is 1.90 bits per heavy atom. The van der Waals surface area contributed by atoms with E-state index in [4.69, 9.17) is 0 Å². The van der Waals surface area contributed by atoms with Crippen molar-refractivity contribution < 1.29 is 17.6 Å². The summed E-state index contributed by atoms with van der Waals surface area (Å²) < 4.78 is 36.3. The monoisotopic (exact) mass is 439 g/mol. The number of amides is 1. The number of carbonyl (C=O) groups is 1. The number of piperazine rings is 1. The zero-order valence-corrected chi connectivity index (χ0v) is 18.1. The summed E-state index contributed by atoms with van der Waals surface area (Å²) in [6.45, 7) is 5.60. The zero-order chi connectivity index (χ0) is 21.6. The quantitative estimate of drug-likeness (QED) is 0.498. The second kappa shape index (κ2) is 10.1. The number of nitrogens with one attached hydrogen (secondary N) is 2. The first kappa shape index (κ1) is 22.3. The number of guanidine groups is 1. The maximum absolute atomic E-state index is 13.1. The predicted octanol–water partition coefficient (Wildman–Crippen LogP) is 0.607. The smallest absolute Gasteiger partial charge is 0.224 e. The summed E-state index contributed by atoms with van der Waals surface area (Å²) in [4.78, 5) is 20.9. The van der Waals surface area contributed by atoms with Crippen molar-refractivity contribution in [2.75, 3.05) is 55.7 Å². The van der Waals surface area contributed by atoms with Crippen LogP contribution in [0.4, 0.5) is 10.1 Å². The molecule has 1 unspecified atom stereocenters. The van der Waals surface area contributed by atoms with Crippen molar-refractivity contribution in [2.24, 2.45) is 4.99 Å². The SMILES string of the molecule is CCNC(=NCCC(=O)N1CCN(c2ccc(F)cc2)CC1)NC1CCS(=O)(=O)C1. The average molecular weight is 440 g/mol. The number of aliphatic imine (C=N–C) groups is 1. The fourth-order valence-corrected chi connectivity index (χ4v) is 5.38. The third-order valence-electron chi connectivity index (χ3n) is 5.34. The fourth-order valence-electron chi connectivity index (χ4n) is 3.71. The van der Waals surface area contributed by atoms with Gasteiger partial charge in [0.05, 0.1) is 18.1 Å². The van der Waals surface area contributed by atoms with E-state index in [9.17, 15) is 17.6 Å². The lowest BCUT2D eigenvalue weighted by atomic mass is 10.2. The molecule has 1 aromatic carbocycles. The van der Waals surface area contributed by atoms with Crippen LogP contribution < -0.4 is 15.5 Å². The number of hydrogen-bond donors (Lipinski definition) is 2. The largest absolute Gasteiger partial charge is 0.368 e. The first-order chi connectivity index (χ1) is 14.4. The lowest BCUT2D eigenvalue weighted by Gasteiger charge is -2.36. The number of sulfone groups is 1. The highest BCUT2D eigenvalue weighted by Gasteiger charge is 2.28.